The van der Waals surface area contributed by atoms with Crippen LogP contribution in [0.15, 0.2) is 82.8 Å². The van der Waals surface area contributed by atoms with Gasteiger partial charge in [-0.25, -0.2) is 8.42 Å². The van der Waals surface area contributed by atoms with E-state index < -0.39 is 25.6 Å². The standard InChI is InChI=1S/C19H15N5O6S/c25-23(26)16-8-4-5-14(11-16)13-20-21-18-10-9-17(12-19(18)24(27)28)31(29,30)22-15-6-2-1-3-7-15/h1-13,21-22H/b20-13+. The van der Waals surface area contributed by atoms with Crippen molar-refractivity contribution in [2.75, 3.05) is 10.1 Å². The van der Waals surface area contributed by atoms with Crippen LogP contribution in [0.4, 0.5) is 22.7 Å². The molecule has 0 aromatic heterocycles. The summed E-state index contributed by atoms with van der Waals surface area (Å²) in [6, 6.07) is 17.1. The van der Waals surface area contributed by atoms with Crippen molar-refractivity contribution in [3.05, 3.63) is 98.6 Å². The van der Waals surface area contributed by atoms with E-state index in [9.17, 15) is 28.6 Å². The first-order valence-corrected chi connectivity index (χ1v) is 10.1. The molecule has 11 nitrogen and oxygen atoms in total. The van der Waals surface area contributed by atoms with Crippen LogP contribution in [0.5, 0.6) is 0 Å². The van der Waals surface area contributed by atoms with Crippen molar-refractivity contribution in [3.8, 4) is 0 Å². The summed E-state index contributed by atoms with van der Waals surface area (Å²) >= 11 is 0. The maximum Gasteiger partial charge on any atom is 0.295 e. The Balaban J connectivity index is 1.83. The average Bonchev–Trinajstić information content (AvgIpc) is 2.74. The molecule has 0 aliphatic carbocycles. The summed E-state index contributed by atoms with van der Waals surface area (Å²) in [5.41, 5.74) is 2.49. The van der Waals surface area contributed by atoms with Crippen molar-refractivity contribution in [2.24, 2.45) is 5.10 Å². The number of hydrogen-bond acceptors (Lipinski definition) is 8. The number of nitrogens with one attached hydrogen (secondary N) is 2. The largest absolute Gasteiger partial charge is 0.295 e. The summed E-state index contributed by atoms with van der Waals surface area (Å²) in [5.74, 6) is 0. The molecule has 0 aliphatic rings. The number of nitro benzene ring substituents is 2. The van der Waals surface area contributed by atoms with Crippen molar-refractivity contribution in [3.63, 3.8) is 0 Å². The van der Waals surface area contributed by atoms with Gasteiger partial charge in [-0.05, 0) is 24.3 Å². The first-order chi connectivity index (χ1) is 14.8. The Hall–Kier alpha value is -4.32. The van der Waals surface area contributed by atoms with Crippen molar-refractivity contribution in [2.45, 2.75) is 4.90 Å². The maximum atomic E-state index is 12.5. The quantitative estimate of drug-likeness (QED) is 0.306. The smallest absolute Gasteiger partial charge is 0.280 e. The Morgan fingerprint density at radius 1 is 0.871 bits per heavy atom. The fourth-order valence-electron chi connectivity index (χ4n) is 2.54. The van der Waals surface area contributed by atoms with Gasteiger partial charge in [-0.15, -0.1) is 0 Å². The molecule has 0 spiro atoms. The molecule has 0 saturated heterocycles. The summed E-state index contributed by atoms with van der Waals surface area (Å²) in [7, 11) is -4.05. The van der Waals surface area contributed by atoms with Crippen LogP contribution in [0, 0.1) is 20.2 Å². The summed E-state index contributed by atoms with van der Waals surface area (Å²) < 4.78 is 27.4. The van der Waals surface area contributed by atoms with E-state index in [1.54, 1.807) is 36.4 Å². The first-order valence-electron chi connectivity index (χ1n) is 8.66. The lowest BCUT2D eigenvalue weighted by Crippen LogP contribution is -2.13. The third kappa shape index (κ3) is 5.39. The van der Waals surface area contributed by atoms with Gasteiger partial charge < -0.3 is 0 Å². The fraction of sp³-hybridized carbons (Fsp3) is 0. The molecule has 0 fully saturated rings. The van der Waals surface area contributed by atoms with Gasteiger partial charge in [0.2, 0.25) is 0 Å². The van der Waals surface area contributed by atoms with Crippen LogP contribution >= 0.6 is 0 Å². The number of sulfonamides is 1. The molecule has 0 aliphatic heterocycles. The number of rotatable bonds is 8. The van der Waals surface area contributed by atoms with E-state index in [4.69, 9.17) is 0 Å². The molecule has 31 heavy (non-hydrogen) atoms. The molecule has 3 aromatic carbocycles. The Labute approximate surface area is 176 Å². The third-order valence-corrected chi connectivity index (χ3v) is 5.36. The van der Waals surface area contributed by atoms with E-state index in [0.29, 0.717) is 11.3 Å². The van der Waals surface area contributed by atoms with E-state index in [2.05, 4.69) is 15.2 Å². The van der Waals surface area contributed by atoms with Crippen LogP contribution in [0.1, 0.15) is 5.56 Å². The van der Waals surface area contributed by atoms with Crippen molar-refractivity contribution >= 4 is 39.0 Å². The lowest BCUT2D eigenvalue weighted by molar-refractivity contribution is -0.384. The second kappa shape index (κ2) is 9.00. The molecule has 0 heterocycles. The molecule has 0 bridgehead atoms. The molecule has 158 valence electrons. The van der Waals surface area contributed by atoms with Crippen LogP contribution in [0.25, 0.3) is 0 Å². The highest BCUT2D eigenvalue weighted by Gasteiger charge is 2.21. The second-order valence-electron chi connectivity index (χ2n) is 6.13. The summed E-state index contributed by atoms with van der Waals surface area (Å²) in [4.78, 5) is 20.7. The molecule has 3 aromatic rings. The Bertz CT molecular complexity index is 1260. The first kappa shape index (κ1) is 21.4. The van der Waals surface area contributed by atoms with Gasteiger partial charge in [0.05, 0.1) is 21.0 Å². The molecule has 0 saturated carbocycles. The monoisotopic (exact) mass is 441 g/mol. The van der Waals surface area contributed by atoms with E-state index >= 15 is 0 Å². The molecule has 12 heteroatoms. The van der Waals surface area contributed by atoms with Gasteiger partial charge in [-0.2, -0.15) is 5.10 Å². The Kier molecular flexibility index (Phi) is 6.21. The number of benzene rings is 3. The average molecular weight is 441 g/mol. The van der Waals surface area contributed by atoms with E-state index in [-0.39, 0.29) is 16.3 Å². The minimum atomic E-state index is -4.05. The van der Waals surface area contributed by atoms with Crippen molar-refractivity contribution in [1.82, 2.24) is 0 Å². The number of nitro groups is 2. The van der Waals surface area contributed by atoms with Gasteiger partial charge in [0, 0.05) is 29.4 Å². The topological polar surface area (TPSA) is 157 Å². The van der Waals surface area contributed by atoms with Crippen LogP contribution in [0.2, 0.25) is 0 Å². The fourth-order valence-corrected chi connectivity index (χ4v) is 3.62. The van der Waals surface area contributed by atoms with Crippen LogP contribution in [-0.2, 0) is 10.0 Å². The van der Waals surface area contributed by atoms with Gasteiger partial charge in [-0.1, -0.05) is 30.3 Å². The molecule has 0 amide bonds. The molecular formula is C19H15N5O6S. The number of nitrogens with zero attached hydrogens (tertiary/aromatic N) is 3. The zero-order chi connectivity index (χ0) is 22.4. The van der Waals surface area contributed by atoms with Gasteiger partial charge in [0.1, 0.15) is 5.69 Å². The highest BCUT2D eigenvalue weighted by Crippen LogP contribution is 2.28. The molecule has 2 N–H and O–H groups in total. The van der Waals surface area contributed by atoms with E-state index in [1.165, 1.54) is 36.5 Å². The van der Waals surface area contributed by atoms with Crippen molar-refractivity contribution < 1.29 is 18.3 Å². The van der Waals surface area contributed by atoms with E-state index in [0.717, 1.165) is 6.07 Å². The predicted molar refractivity (Wildman–Crippen MR) is 115 cm³/mol. The van der Waals surface area contributed by atoms with Gasteiger partial charge in [0.25, 0.3) is 21.4 Å². The van der Waals surface area contributed by atoms with Gasteiger partial charge in [0.15, 0.2) is 0 Å². The number of hydrazone groups is 1. The molecule has 0 radical (unpaired) electrons. The predicted octanol–water partition coefficient (Wildman–Crippen LogP) is 3.75. The van der Waals surface area contributed by atoms with Gasteiger partial charge in [-0.3, -0.25) is 30.4 Å². The second-order valence-corrected chi connectivity index (χ2v) is 7.81. The molecular weight excluding hydrogens is 426 g/mol. The third-order valence-electron chi connectivity index (χ3n) is 3.98. The minimum absolute atomic E-state index is 0.0506. The van der Waals surface area contributed by atoms with Crippen LogP contribution in [0.3, 0.4) is 0 Å². The number of non-ortho nitro benzene ring substituents is 1. The van der Waals surface area contributed by atoms with E-state index in [1.807, 2.05) is 0 Å². The minimum Gasteiger partial charge on any atom is -0.280 e. The number of anilines is 2. The van der Waals surface area contributed by atoms with Crippen LogP contribution in [-0.4, -0.2) is 24.5 Å². The SMILES string of the molecule is O=[N+]([O-])c1cccc(/C=N/Nc2ccc(S(=O)(=O)Nc3ccccc3)cc2[N+](=O)[O-])c1. The normalized spacial score (nSPS) is 11.2. The lowest BCUT2D eigenvalue weighted by Gasteiger charge is -2.09. The summed E-state index contributed by atoms with van der Waals surface area (Å²) in [6.07, 6.45) is 1.25. The molecule has 0 unspecified atom stereocenters. The zero-order valence-corrected chi connectivity index (χ0v) is 16.5. The van der Waals surface area contributed by atoms with Crippen LogP contribution < -0.4 is 10.1 Å². The Morgan fingerprint density at radius 3 is 2.29 bits per heavy atom. The highest BCUT2D eigenvalue weighted by molar-refractivity contribution is 7.92. The maximum absolute atomic E-state index is 12.5. The molecule has 3 rings (SSSR count). The number of para-hydroxylation sites is 1. The number of hydrogen-bond donors (Lipinski definition) is 2. The highest BCUT2D eigenvalue weighted by atomic mass is 32.2. The zero-order valence-electron chi connectivity index (χ0n) is 15.7. The summed E-state index contributed by atoms with van der Waals surface area (Å²) in [5, 5.41) is 26.1. The van der Waals surface area contributed by atoms with Crippen molar-refractivity contribution in [1.29, 1.82) is 0 Å². The van der Waals surface area contributed by atoms with Gasteiger partial charge >= 0.3 is 0 Å². The summed E-state index contributed by atoms with van der Waals surface area (Å²) in [6.45, 7) is 0. The lowest BCUT2D eigenvalue weighted by atomic mass is 10.2. The molecule has 0 atom stereocenters. The Morgan fingerprint density at radius 2 is 1.61 bits per heavy atom.